The first kappa shape index (κ1) is 16.3. The van der Waals surface area contributed by atoms with Crippen LogP contribution in [0, 0.1) is 29.6 Å². The molecule has 0 aromatic heterocycles. The molecule has 2 aliphatic rings. The topological polar surface area (TPSA) is 74.6 Å². The van der Waals surface area contributed by atoms with Crippen LogP contribution < -0.4 is 0 Å². The van der Waals surface area contributed by atoms with Gasteiger partial charge in [-0.3, -0.25) is 9.59 Å². The molecular weight excluding hydrogens is 268 g/mol. The largest absolute Gasteiger partial charge is 0.481 e. The summed E-state index contributed by atoms with van der Waals surface area (Å²) in [6.45, 7) is 2.30. The summed E-state index contributed by atoms with van der Waals surface area (Å²) in [6, 6.07) is 0. The van der Waals surface area contributed by atoms with Gasteiger partial charge in [0.15, 0.2) is 0 Å². The van der Waals surface area contributed by atoms with E-state index in [1.165, 1.54) is 6.42 Å². The Balaban J connectivity index is 1.72. The lowest BCUT2D eigenvalue weighted by atomic mass is 9.71. The van der Waals surface area contributed by atoms with E-state index in [4.69, 9.17) is 10.2 Å². The van der Waals surface area contributed by atoms with Crippen LogP contribution in [0.4, 0.5) is 0 Å². The Kier molecular flexibility index (Phi) is 5.65. The van der Waals surface area contributed by atoms with Crippen LogP contribution in [0.1, 0.15) is 64.7 Å². The van der Waals surface area contributed by atoms with Gasteiger partial charge in [0.1, 0.15) is 0 Å². The fourth-order valence-corrected chi connectivity index (χ4v) is 4.30. The van der Waals surface area contributed by atoms with E-state index in [9.17, 15) is 9.59 Å². The average molecular weight is 296 g/mol. The van der Waals surface area contributed by atoms with E-state index >= 15 is 0 Å². The zero-order valence-electron chi connectivity index (χ0n) is 13.0. The van der Waals surface area contributed by atoms with Crippen molar-refractivity contribution in [1.29, 1.82) is 0 Å². The molecule has 4 nitrogen and oxygen atoms in total. The van der Waals surface area contributed by atoms with Gasteiger partial charge in [-0.2, -0.15) is 0 Å². The van der Waals surface area contributed by atoms with Crippen molar-refractivity contribution < 1.29 is 19.8 Å². The molecule has 0 unspecified atom stereocenters. The van der Waals surface area contributed by atoms with Gasteiger partial charge in [0.2, 0.25) is 0 Å². The van der Waals surface area contributed by atoms with E-state index in [-0.39, 0.29) is 11.8 Å². The van der Waals surface area contributed by atoms with Gasteiger partial charge in [0.05, 0.1) is 11.8 Å². The van der Waals surface area contributed by atoms with Crippen molar-refractivity contribution in [3.8, 4) is 0 Å². The van der Waals surface area contributed by atoms with Crippen LogP contribution in [0.2, 0.25) is 0 Å². The molecule has 0 bridgehead atoms. The molecule has 120 valence electrons. The van der Waals surface area contributed by atoms with Gasteiger partial charge >= 0.3 is 11.9 Å². The van der Waals surface area contributed by atoms with E-state index in [0.29, 0.717) is 17.8 Å². The van der Waals surface area contributed by atoms with Crippen molar-refractivity contribution in [1.82, 2.24) is 0 Å². The molecule has 1 atom stereocenters. The molecule has 0 heterocycles. The van der Waals surface area contributed by atoms with E-state index in [1.807, 2.05) is 0 Å². The van der Waals surface area contributed by atoms with Gasteiger partial charge < -0.3 is 10.2 Å². The standard InChI is InChI=1S/C17H28O4/c1-11(13-6-8-15(9-7-13)17(20)21)10-12-2-4-14(5-3-12)16(18)19/h11-15H,2-10H2,1H3,(H,18,19)(H,20,21)/t11-,12?,13?,14?,15?/m0/s1. The Bertz CT molecular complexity index is 363. The van der Waals surface area contributed by atoms with Gasteiger partial charge in [0, 0.05) is 0 Å². The predicted octanol–water partition coefficient (Wildman–Crippen LogP) is 3.79. The normalized spacial score (nSPS) is 35.1. The Morgan fingerprint density at radius 2 is 1.29 bits per heavy atom. The van der Waals surface area contributed by atoms with Crippen LogP contribution in [0.3, 0.4) is 0 Å². The number of hydrogen-bond acceptors (Lipinski definition) is 2. The van der Waals surface area contributed by atoms with E-state index in [1.54, 1.807) is 0 Å². The summed E-state index contributed by atoms with van der Waals surface area (Å²) in [6.07, 6.45) is 8.70. The fourth-order valence-electron chi connectivity index (χ4n) is 4.30. The maximum absolute atomic E-state index is 11.0. The summed E-state index contributed by atoms with van der Waals surface area (Å²) >= 11 is 0. The number of carboxylic acid groups (broad SMARTS) is 2. The van der Waals surface area contributed by atoms with Gasteiger partial charge in [-0.05, 0) is 75.5 Å². The van der Waals surface area contributed by atoms with Crippen molar-refractivity contribution in [2.24, 2.45) is 29.6 Å². The third-order valence-electron chi connectivity index (χ3n) is 5.83. The fraction of sp³-hybridized carbons (Fsp3) is 0.882. The monoisotopic (exact) mass is 296 g/mol. The molecule has 0 aliphatic heterocycles. The number of rotatable bonds is 5. The van der Waals surface area contributed by atoms with Crippen molar-refractivity contribution in [3.63, 3.8) is 0 Å². The van der Waals surface area contributed by atoms with E-state index in [2.05, 4.69) is 6.92 Å². The molecule has 2 fully saturated rings. The highest BCUT2D eigenvalue weighted by atomic mass is 16.4. The lowest BCUT2D eigenvalue weighted by Crippen LogP contribution is -2.27. The van der Waals surface area contributed by atoms with Gasteiger partial charge in [-0.15, -0.1) is 0 Å². The maximum Gasteiger partial charge on any atom is 0.306 e. The molecule has 0 spiro atoms. The SMILES string of the molecule is C[C@@H](CC1CCC(C(=O)O)CC1)C1CCC(C(=O)O)CC1. The van der Waals surface area contributed by atoms with Crippen molar-refractivity contribution in [3.05, 3.63) is 0 Å². The first-order valence-electron chi connectivity index (χ1n) is 8.43. The molecular formula is C17H28O4. The Hall–Kier alpha value is -1.06. The lowest BCUT2D eigenvalue weighted by molar-refractivity contribution is -0.144. The third kappa shape index (κ3) is 4.45. The first-order chi connectivity index (χ1) is 9.97. The Morgan fingerprint density at radius 1 is 0.857 bits per heavy atom. The van der Waals surface area contributed by atoms with Crippen molar-refractivity contribution in [2.45, 2.75) is 64.7 Å². The van der Waals surface area contributed by atoms with Crippen LogP contribution >= 0.6 is 0 Å². The number of carboxylic acids is 2. The predicted molar refractivity (Wildman–Crippen MR) is 79.9 cm³/mol. The Morgan fingerprint density at radius 3 is 1.71 bits per heavy atom. The quantitative estimate of drug-likeness (QED) is 0.809. The number of hydrogen-bond donors (Lipinski definition) is 2. The molecule has 4 heteroatoms. The molecule has 0 radical (unpaired) electrons. The second-order valence-corrected chi connectivity index (χ2v) is 7.22. The minimum absolute atomic E-state index is 0.123. The molecule has 2 rings (SSSR count). The third-order valence-corrected chi connectivity index (χ3v) is 5.83. The molecule has 0 saturated heterocycles. The second-order valence-electron chi connectivity index (χ2n) is 7.22. The summed E-state index contributed by atoms with van der Waals surface area (Å²) < 4.78 is 0. The van der Waals surface area contributed by atoms with Crippen LogP contribution in [0.5, 0.6) is 0 Å². The van der Waals surface area contributed by atoms with Gasteiger partial charge in [0.25, 0.3) is 0 Å². The van der Waals surface area contributed by atoms with Gasteiger partial charge in [-0.25, -0.2) is 0 Å². The van der Waals surface area contributed by atoms with Crippen LogP contribution in [0.15, 0.2) is 0 Å². The molecule has 0 aromatic rings. The summed E-state index contributed by atoms with van der Waals surface area (Å²) in [7, 11) is 0. The molecule has 2 saturated carbocycles. The van der Waals surface area contributed by atoms with Crippen molar-refractivity contribution >= 4 is 11.9 Å². The molecule has 2 N–H and O–H groups in total. The minimum atomic E-state index is -0.631. The molecule has 21 heavy (non-hydrogen) atoms. The highest BCUT2D eigenvalue weighted by Crippen LogP contribution is 2.39. The summed E-state index contributed by atoms with van der Waals surface area (Å²) in [5, 5.41) is 18.1. The van der Waals surface area contributed by atoms with Crippen molar-refractivity contribution in [2.75, 3.05) is 0 Å². The summed E-state index contributed by atoms with van der Waals surface area (Å²) in [5.41, 5.74) is 0. The van der Waals surface area contributed by atoms with Crippen LogP contribution in [-0.2, 0) is 9.59 Å². The summed E-state index contributed by atoms with van der Waals surface area (Å²) in [5.74, 6) is 0.473. The highest BCUT2D eigenvalue weighted by Gasteiger charge is 2.31. The zero-order chi connectivity index (χ0) is 15.4. The van der Waals surface area contributed by atoms with E-state index < -0.39 is 11.9 Å². The van der Waals surface area contributed by atoms with Crippen LogP contribution in [0.25, 0.3) is 0 Å². The minimum Gasteiger partial charge on any atom is -0.481 e. The molecule has 2 aliphatic carbocycles. The Labute approximate surface area is 126 Å². The number of carbonyl (C=O) groups is 2. The van der Waals surface area contributed by atoms with Crippen LogP contribution in [-0.4, -0.2) is 22.2 Å². The molecule has 0 amide bonds. The number of aliphatic carboxylic acids is 2. The van der Waals surface area contributed by atoms with Gasteiger partial charge in [-0.1, -0.05) is 6.92 Å². The smallest absolute Gasteiger partial charge is 0.306 e. The average Bonchev–Trinajstić information content (AvgIpc) is 2.47. The zero-order valence-corrected chi connectivity index (χ0v) is 13.0. The lowest BCUT2D eigenvalue weighted by Gasteiger charge is -2.34. The molecule has 0 aromatic carbocycles. The van der Waals surface area contributed by atoms with E-state index in [0.717, 1.165) is 51.4 Å². The summed E-state index contributed by atoms with van der Waals surface area (Å²) in [4.78, 5) is 22.0. The highest BCUT2D eigenvalue weighted by molar-refractivity contribution is 5.70. The first-order valence-corrected chi connectivity index (χ1v) is 8.43. The second kappa shape index (κ2) is 7.28. The maximum atomic E-state index is 11.0.